The van der Waals surface area contributed by atoms with Crippen molar-refractivity contribution in [2.24, 2.45) is 0 Å². The zero-order chi connectivity index (χ0) is 21.2. The van der Waals surface area contributed by atoms with Gasteiger partial charge in [0.2, 0.25) is 0 Å². The smallest absolute Gasteiger partial charge is 0.184 e. The van der Waals surface area contributed by atoms with Crippen LogP contribution in [0.25, 0.3) is 0 Å². The lowest BCUT2D eigenvalue weighted by Crippen LogP contribution is -2.54. The van der Waals surface area contributed by atoms with Crippen molar-refractivity contribution in [1.82, 2.24) is 10.6 Å². The number of benzene rings is 2. The van der Waals surface area contributed by atoms with E-state index in [-0.39, 0.29) is 11.1 Å². The summed E-state index contributed by atoms with van der Waals surface area (Å²) in [6.45, 7) is 3.78. The van der Waals surface area contributed by atoms with Gasteiger partial charge in [-0.15, -0.1) is 0 Å². The standard InChI is InChI=1S/C24H30N4O2/c1-3-26-24(19-7-5-4-6-8-19)13-11-23(12-14-24)17-28(22(29)27-23)20-10-9-18(16-25)15-21(20)30-2/h4-10,15,22,26-27,29H,3,11-14,17H2,1-2H3/t22?,23-,24-. The Hall–Kier alpha value is -2.59. The van der Waals surface area contributed by atoms with Crippen LogP contribution in [0, 0.1) is 11.3 Å². The molecule has 0 radical (unpaired) electrons. The molecule has 4 rings (SSSR count). The first kappa shape index (κ1) is 20.7. The van der Waals surface area contributed by atoms with Gasteiger partial charge in [0.25, 0.3) is 0 Å². The predicted molar refractivity (Wildman–Crippen MR) is 117 cm³/mol. The minimum Gasteiger partial charge on any atom is -0.495 e. The van der Waals surface area contributed by atoms with E-state index in [1.54, 1.807) is 19.2 Å². The van der Waals surface area contributed by atoms with Crippen LogP contribution < -0.4 is 20.3 Å². The molecule has 1 spiro atoms. The Labute approximate surface area is 178 Å². The van der Waals surface area contributed by atoms with Crippen LogP contribution in [-0.4, -0.2) is 37.2 Å². The summed E-state index contributed by atoms with van der Waals surface area (Å²) in [7, 11) is 1.59. The topological polar surface area (TPSA) is 80.6 Å². The first-order valence-electron chi connectivity index (χ1n) is 10.7. The second-order valence-electron chi connectivity index (χ2n) is 8.40. The number of aliphatic hydroxyl groups excluding tert-OH is 1. The summed E-state index contributed by atoms with van der Waals surface area (Å²) in [4.78, 5) is 1.95. The SMILES string of the molecule is CCN[C@]1(c2ccccc2)CC[C@@]2(CC1)CN(c1ccc(C#N)cc1OC)C(O)N2. The van der Waals surface area contributed by atoms with E-state index in [1.807, 2.05) is 11.0 Å². The highest BCUT2D eigenvalue weighted by Gasteiger charge is 2.49. The van der Waals surface area contributed by atoms with Gasteiger partial charge in [-0.25, -0.2) is 0 Å². The van der Waals surface area contributed by atoms with Crippen molar-refractivity contribution >= 4 is 5.69 Å². The Bertz CT molecular complexity index is 917. The summed E-state index contributed by atoms with van der Waals surface area (Å²) >= 11 is 0. The normalized spacial score (nSPS) is 28.5. The van der Waals surface area contributed by atoms with Gasteiger partial charge in [-0.3, -0.25) is 5.32 Å². The molecule has 30 heavy (non-hydrogen) atoms. The zero-order valence-corrected chi connectivity index (χ0v) is 17.7. The fourth-order valence-corrected chi connectivity index (χ4v) is 5.13. The number of anilines is 1. The van der Waals surface area contributed by atoms with Crippen molar-refractivity contribution in [1.29, 1.82) is 5.26 Å². The van der Waals surface area contributed by atoms with Gasteiger partial charge in [0, 0.05) is 23.7 Å². The van der Waals surface area contributed by atoms with Gasteiger partial charge < -0.3 is 20.1 Å². The van der Waals surface area contributed by atoms with Crippen molar-refractivity contribution in [3.63, 3.8) is 0 Å². The van der Waals surface area contributed by atoms with Gasteiger partial charge in [0.05, 0.1) is 24.4 Å². The Morgan fingerprint density at radius 2 is 1.93 bits per heavy atom. The van der Waals surface area contributed by atoms with Gasteiger partial charge >= 0.3 is 0 Å². The molecule has 1 aliphatic carbocycles. The molecule has 0 bridgehead atoms. The van der Waals surface area contributed by atoms with Crippen molar-refractivity contribution < 1.29 is 9.84 Å². The number of ether oxygens (including phenoxy) is 1. The monoisotopic (exact) mass is 406 g/mol. The van der Waals surface area contributed by atoms with Crippen LogP contribution in [0.1, 0.15) is 43.7 Å². The van der Waals surface area contributed by atoms with E-state index in [0.29, 0.717) is 17.9 Å². The summed E-state index contributed by atoms with van der Waals surface area (Å²) < 4.78 is 5.51. The molecular weight excluding hydrogens is 376 g/mol. The van der Waals surface area contributed by atoms with E-state index >= 15 is 0 Å². The molecule has 0 aromatic heterocycles. The molecule has 2 fully saturated rings. The lowest BCUT2D eigenvalue weighted by atomic mass is 9.69. The molecule has 2 aromatic carbocycles. The molecule has 6 nitrogen and oxygen atoms in total. The number of hydrogen-bond donors (Lipinski definition) is 3. The number of nitrogens with zero attached hydrogens (tertiary/aromatic N) is 2. The molecule has 158 valence electrons. The number of nitrogens with one attached hydrogen (secondary N) is 2. The number of methoxy groups -OCH3 is 1. The average molecular weight is 407 g/mol. The summed E-state index contributed by atoms with van der Waals surface area (Å²) in [5, 5.41) is 27.2. The molecule has 6 heteroatoms. The van der Waals surface area contributed by atoms with Crippen molar-refractivity contribution in [2.45, 2.75) is 50.0 Å². The van der Waals surface area contributed by atoms with Gasteiger partial charge in [-0.05, 0) is 49.9 Å². The minimum absolute atomic E-state index is 0.0204. The quantitative estimate of drug-likeness (QED) is 0.708. The molecule has 2 aromatic rings. The third kappa shape index (κ3) is 3.65. The average Bonchev–Trinajstić information content (AvgIpc) is 3.11. The van der Waals surface area contributed by atoms with E-state index in [9.17, 15) is 5.11 Å². The van der Waals surface area contributed by atoms with Gasteiger partial charge in [-0.1, -0.05) is 37.3 Å². The van der Waals surface area contributed by atoms with Crippen LogP contribution in [0.5, 0.6) is 5.75 Å². The van der Waals surface area contributed by atoms with Crippen LogP contribution >= 0.6 is 0 Å². The number of hydrogen-bond acceptors (Lipinski definition) is 6. The number of rotatable bonds is 5. The van der Waals surface area contributed by atoms with Crippen LogP contribution in [0.15, 0.2) is 48.5 Å². The Balaban J connectivity index is 1.55. The maximum Gasteiger partial charge on any atom is 0.184 e. The highest BCUT2D eigenvalue weighted by Crippen LogP contribution is 2.45. The van der Waals surface area contributed by atoms with E-state index < -0.39 is 6.35 Å². The molecule has 2 aliphatic rings. The van der Waals surface area contributed by atoms with E-state index in [2.05, 4.69) is 54.0 Å². The third-order valence-corrected chi connectivity index (χ3v) is 6.72. The van der Waals surface area contributed by atoms with Crippen molar-refractivity contribution in [3.8, 4) is 11.8 Å². The first-order valence-corrected chi connectivity index (χ1v) is 10.7. The third-order valence-electron chi connectivity index (χ3n) is 6.72. The lowest BCUT2D eigenvalue weighted by Gasteiger charge is -2.45. The van der Waals surface area contributed by atoms with E-state index in [1.165, 1.54) is 5.56 Å². The molecule has 1 saturated carbocycles. The minimum atomic E-state index is -0.782. The van der Waals surface area contributed by atoms with Gasteiger partial charge in [-0.2, -0.15) is 5.26 Å². The second-order valence-corrected chi connectivity index (χ2v) is 8.40. The van der Waals surface area contributed by atoms with Gasteiger partial charge in [0.1, 0.15) is 5.75 Å². The molecular formula is C24H30N4O2. The number of nitriles is 1. The Morgan fingerprint density at radius 3 is 2.57 bits per heavy atom. The van der Waals surface area contributed by atoms with Crippen LogP contribution in [0.4, 0.5) is 5.69 Å². The molecule has 1 unspecified atom stereocenters. The summed E-state index contributed by atoms with van der Waals surface area (Å²) in [5.74, 6) is 0.606. The maximum atomic E-state index is 10.8. The largest absolute Gasteiger partial charge is 0.495 e. The van der Waals surface area contributed by atoms with Crippen LogP contribution in [0.3, 0.4) is 0 Å². The Kier molecular flexibility index (Phi) is 5.70. The molecule has 0 amide bonds. The van der Waals surface area contributed by atoms with E-state index in [0.717, 1.165) is 37.9 Å². The highest BCUT2D eigenvalue weighted by molar-refractivity contribution is 5.62. The number of aliphatic hydroxyl groups is 1. The second kappa shape index (κ2) is 8.27. The predicted octanol–water partition coefficient (Wildman–Crippen LogP) is 3.07. The van der Waals surface area contributed by atoms with E-state index in [4.69, 9.17) is 10.00 Å². The summed E-state index contributed by atoms with van der Waals surface area (Å²) in [5.41, 5.74) is 2.52. The summed E-state index contributed by atoms with van der Waals surface area (Å²) in [6.07, 6.45) is 3.14. The van der Waals surface area contributed by atoms with Crippen molar-refractivity contribution in [3.05, 3.63) is 59.7 Å². The molecule has 1 aliphatic heterocycles. The fraction of sp³-hybridized carbons (Fsp3) is 0.458. The molecule has 1 atom stereocenters. The Morgan fingerprint density at radius 1 is 1.20 bits per heavy atom. The maximum absolute atomic E-state index is 10.8. The molecule has 1 heterocycles. The van der Waals surface area contributed by atoms with Crippen LogP contribution in [-0.2, 0) is 5.54 Å². The van der Waals surface area contributed by atoms with Gasteiger partial charge in [0.15, 0.2) is 6.35 Å². The summed E-state index contributed by atoms with van der Waals surface area (Å²) in [6, 6.07) is 18.2. The molecule has 3 N–H and O–H groups in total. The lowest BCUT2D eigenvalue weighted by molar-refractivity contribution is 0.106. The molecule has 1 saturated heterocycles. The fourth-order valence-electron chi connectivity index (χ4n) is 5.13. The van der Waals surface area contributed by atoms with Crippen molar-refractivity contribution in [2.75, 3.05) is 25.1 Å². The first-order chi connectivity index (χ1) is 14.5. The highest BCUT2D eigenvalue weighted by atomic mass is 16.5. The van der Waals surface area contributed by atoms with Crippen LogP contribution in [0.2, 0.25) is 0 Å². The zero-order valence-electron chi connectivity index (χ0n) is 17.7.